The Bertz CT molecular complexity index is 481. The van der Waals surface area contributed by atoms with Gasteiger partial charge in [0.1, 0.15) is 0 Å². The third-order valence-electron chi connectivity index (χ3n) is 2.75. The zero-order chi connectivity index (χ0) is 13.8. The molecule has 4 nitrogen and oxygen atoms in total. The number of hydrogen-bond acceptors (Lipinski definition) is 4. The van der Waals surface area contributed by atoms with E-state index in [4.69, 9.17) is 0 Å². The second-order valence-electron chi connectivity index (χ2n) is 3.90. The summed E-state index contributed by atoms with van der Waals surface area (Å²) in [5.74, 6) is 0. The maximum Gasteiger partial charge on any atom is 0.241 e. The van der Waals surface area contributed by atoms with Gasteiger partial charge in [-0.15, -0.1) is 11.3 Å². The number of halogens is 1. The Balaban J connectivity index is 2.63. The van der Waals surface area contributed by atoms with Crippen LogP contribution in [0.4, 0.5) is 0 Å². The number of hydrogen-bond donors (Lipinski definition) is 1. The van der Waals surface area contributed by atoms with Crippen LogP contribution in [0.3, 0.4) is 0 Å². The van der Waals surface area contributed by atoms with Crippen molar-refractivity contribution >= 4 is 37.3 Å². The summed E-state index contributed by atoms with van der Waals surface area (Å²) in [5, 5.41) is 0. The van der Waals surface area contributed by atoms with E-state index in [2.05, 4.69) is 39.4 Å². The average Bonchev–Trinajstić information content (AvgIpc) is 2.65. The Hall–Kier alpha value is 0.0500. The molecule has 0 radical (unpaired) electrons. The monoisotopic (exact) mass is 354 g/mol. The highest BCUT2D eigenvalue weighted by Gasteiger charge is 2.19. The zero-order valence-electron chi connectivity index (χ0n) is 10.9. The second-order valence-corrected chi connectivity index (χ2v) is 8.27. The van der Waals surface area contributed by atoms with E-state index in [9.17, 15) is 8.42 Å². The van der Waals surface area contributed by atoms with Crippen LogP contribution < -0.4 is 4.72 Å². The molecule has 0 fully saturated rings. The molecule has 104 valence electrons. The highest BCUT2D eigenvalue weighted by atomic mass is 79.9. The SMILES string of the molecule is CCN(CC)CCNS(=O)(=O)c1cc(Br)sc1C. The Kier molecular flexibility index (Phi) is 6.26. The summed E-state index contributed by atoms with van der Waals surface area (Å²) in [4.78, 5) is 3.36. The highest BCUT2D eigenvalue weighted by molar-refractivity contribution is 9.11. The number of likely N-dealkylation sites (N-methyl/N-ethyl adjacent to an activating group) is 1. The van der Waals surface area contributed by atoms with Crippen LogP contribution in [0.15, 0.2) is 14.7 Å². The fourth-order valence-electron chi connectivity index (χ4n) is 1.65. The van der Waals surface area contributed by atoms with Crippen LogP contribution in [0, 0.1) is 6.92 Å². The summed E-state index contributed by atoms with van der Waals surface area (Å²) < 4.78 is 27.6. The van der Waals surface area contributed by atoms with Gasteiger partial charge in [-0.3, -0.25) is 0 Å². The Morgan fingerprint density at radius 1 is 1.39 bits per heavy atom. The van der Waals surface area contributed by atoms with Gasteiger partial charge in [0.2, 0.25) is 10.0 Å². The lowest BCUT2D eigenvalue weighted by molar-refractivity contribution is 0.309. The van der Waals surface area contributed by atoms with Crippen molar-refractivity contribution in [3.05, 3.63) is 14.7 Å². The van der Waals surface area contributed by atoms with Gasteiger partial charge in [0.15, 0.2) is 0 Å². The molecule has 0 bridgehead atoms. The van der Waals surface area contributed by atoms with E-state index >= 15 is 0 Å². The largest absolute Gasteiger partial charge is 0.303 e. The van der Waals surface area contributed by atoms with Gasteiger partial charge in [-0.2, -0.15) is 0 Å². The first kappa shape index (κ1) is 16.1. The molecule has 0 atom stereocenters. The molecule has 0 amide bonds. The quantitative estimate of drug-likeness (QED) is 0.817. The van der Waals surface area contributed by atoms with Gasteiger partial charge in [0.05, 0.1) is 8.68 Å². The smallest absolute Gasteiger partial charge is 0.241 e. The number of thiophene rings is 1. The molecule has 0 aromatic carbocycles. The molecule has 1 heterocycles. The van der Waals surface area contributed by atoms with E-state index in [0.717, 1.165) is 28.3 Å². The molecule has 0 saturated heterocycles. The second kappa shape index (κ2) is 7.00. The molecule has 1 aromatic heterocycles. The van der Waals surface area contributed by atoms with Crippen molar-refractivity contribution in [3.63, 3.8) is 0 Å². The number of sulfonamides is 1. The molecule has 0 spiro atoms. The lowest BCUT2D eigenvalue weighted by atomic mass is 10.5. The number of aryl methyl sites for hydroxylation is 1. The van der Waals surface area contributed by atoms with Gasteiger partial charge in [0, 0.05) is 18.0 Å². The first-order valence-corrected chi connectivity index (χ1v) is 8.98. The first-order chi connectivity index (χ1) is 8.40. The molecule has 18 heavy (non-hydrogen) atoms. The van der Waals surface area contributed by atoms with Gasteiger partial charge >= 0.3 is 0 Å². The van der Waals surface area contributed by atoms with E-state index < -0.39 is 10.0 Å². The van der Waals surface area contributed by atoms with Gasteiger partial charge in [-0.05, 0) is 42.0 Å². The van der Waals surface area contributed by atoms with E-state index in [1.54, 1.807) is 6.07 Å². The summed E-state index contributed by atoms with van der Waals surface area (Å²) in [7, 11) is -3.38. The van der Waals surface area contributed by atoms with Crippen LogP contribution in [0.1, 0.15) is 18.7 Å². The molecular formula is C11H19BrN2O2S2. The van der Waals surface area contributed by atoms with Crippen LogP contribution in [0.25, 0.3) is 0 Å². The van der Waals surface area contributed by atoms with Crippen LogP contribution in [-0.2, 0) is 10.0 Å². The predicted molar refractivity (Wildman–Crippen MR) is 79.7 cm³/mol. The summed E-state index contributed by atoms with van der Waals surface area (Å²) >= 11 is 4.74. The minimum absolute atomic E-state index is 0.374. The maximum atomic E-state index is 12.1. The number of nitrogens with zero attached hydrogens (tertiary/aromatic N) is 1. The topological polar surface area (TPSA) is 49.4 Å². The molecule has 0 aliphatic rings. The van der Waals surface area contributed by atoms with Gasteiger partial charge in [-0.25, -0.2) is 13.1 Å². The van der Waals surface area contributed by atoms with Crippen molar-refractivity contribution in [1.29, 1.82) is 0 Å². The Morgan fingerprint density at radius 2 is 2.00 bits per heavy atom. The molecule has 0 aliphatic heterocycles. The van der Waals surface area contributed by atoms with Crippen LogP contribution >= 0.6 is 27.3 Å². The molecular weight excluding hydrogens is 336 g/mol. The summed E-state index contributed by atoms with van der Waals surface area (Å²) in [6.45, 7) is 8.99. The molecule has 1 rings (SSSR count). The molecule has 1 aromatic rings. The first-order valence-electron chi connectivity index (χ1n) is 5.88. The van der Waals surface area contributed by atoms with Gasteiger partial charge in [-0.1, -0.05) is 13.8 Å². The summed E-state index contributed by atoms with van der Waals surface area (Å²) in [6, 6.07) is 1.65. The predicted octanol–water partition coefficient (Wildman–Crippen LogP) is 2.44. The summed E-state index contributed by atoms with van der Waals surface area (Å²) in [6.07, 6.45) is 0. The molecule has 0 aliphatic carbocycles. The van der Waals surface area contributed by atoms with Gasteiger partial charge < -0.3 is 4.90 Å². The van der Waals surface area contributed by atoms with Crippen molar-refractivity contribution < 1.29 is 8.42 Å². The van der Waals surface area contributed by atoms with E-state index in [0.29, 0.717) is 11.4 Å². The highest BCUT2D eigenvalue weighted by Crippen LogP contribution is 2.29. The van der Waals surface area contributed by atoms with Crippen molar-refractivity contribution in [2.24, 2.45) is 0 Å². The third kappa shape index (κ3) is 4.31. The van der Waals surface area contributed by atoms with E-state index in [1.165, 1.54) is 11.3 Å². The van der Waals surface area contributed by atoms with E-state index in [1.807, 2.05) is 6.92 Å². The average molecular weight is 355 g/mol. The fourth-order valence-corrected chi connectivity index (χ4v) is 5.09. The lowest BCUT2D eigenvalue weighted by Gasteiger charge is -2.17. The van der Waals surface area contributed by atoms with Crippen molar-refractivity contribution in [2.75, 3.05) is 26.2 Å². The van der Waals surface area contributed by atoms with Crippen LogP contribution in [-0.4, -0.2) is 39.5 Å². The van der Waals surface area contributed by atoms with Gasteiger partial charge in [0.25, 0.3) is 0 Å². The molecule has 0 saturated carbocycles. The van der Waals surface area contributed by atoms with Crippen molar-refractivity contribution in [1.82, 2.24) is 9.62 Å². The van der Waals surface area contributed by atoms with Crippen LogP contribution in [0.2, 0.25) is 0 Å². The van der Waals surface area contributed by atoms with Crippen molar-refractivity contribution in [3.8, 4) is 0 Å². The summed E-state index contributed by atoms with van der Waals surface area (Å²) in [5.41, 5.74) is 0. The molecule has 0 unspecified atom stereocenters. The van der Waals surface area contributed by atoms with Crippen molar-refractivity contribution in [2.45, 2.75) is 25.7 Å². The minimum atomic E-state index is -3.38. The lowest BCUT2D eigenvalue weighted by Crippen LogP contribution is -2.34. The number of nitrogens with one attached hydrogen (secondary N) is 1. The molecule has 7 heteroatoms. The van der Waals surface area contributed by atoms with E-state index in [-0.39, 0.29) is 0 Å². The minimum Gasteiger partial charge on any atom is -0.303 e. The zero-order valence-corrected chi connectivity index (χ0v) is 14.1. The molecule has 1 N–H and O–H groups in total. The third-order valence-corrected chi connectivity index (χ3v) is 6.02. The maximum absolute atomic E-state index is 12.1. The fraction of sp³-hybridized carbons (Fsp3) is 0.636. The Morgan fingerprint density at radius 3 is 2.44 bits per heavy atom. The normalized spacial score (nSPS) is 12.3. The number of rotatable bonds is 7. The standard InChI is InChI=1S/C11H19BrN2O2S2/c1-4-14(5-2)7-6-13-18(15,16)10-8-11(12)17-9(10)3/h8,13H,4-7H2,1-3H3. The Labute approximate surface area is 122 Å². The van der Waals surface area contributed by atoms with Crippen LogP contribution in [0.5, 0.6) is 0 Å².